The van der Waals surface area contributed by atoms with Crippen LogP contribution in [-0.4, -0.2) is 23.1 Å². The quantitative estimate of drug-likeness (QED) is 0.751. The molecule has 1 aliphatic rings. The van der Waals surface area contributed by atoms with Crippen LogP contribution in [0.4, 0.5) is 5.69 Å². The number of carboxylic acids is 1. The highest BCUT2D eigenvalue weighted by atomic mass is 16.5. The van der Waals surface area contributed by atoms with E-state index in [2.05, 4.69) is 5.32 Å². The lowest BCUT2D eigenvalue weighted by Crippen LogP contribution is -2.35. The number of carboxylic acid groups (broad SMARTS) is 1. The van der Waals surface area contributed by atoms with Crippen LogP contribution in [0.2, 0.25) is 0 Å². The lowest BCUT2D eigenvalue weighted by molar-refractivity contribution is -0.122. The van der Waals surface area contributed by atoms with Crippen molar-refractivity contribution in [1.82, 2.24) is 0 Å². The van der Waals surface area contributed by atoms with Gasteiger partial charge in [0, 0.05) is 0 Å². The fraction of sp³-hybridized carbons (Fsp3) is 0.273. The van der Waals surface area contributed by atoms with Gasteiger partial charge >= 0.3 is 5.97 Å². The van der Waals surface area contributed by atoms with Crippen LogP contribution < -0.4 is 10.1 Å². The van der Waals surface area contributed by atoms with E-state index < -0.39 is 12.1 Å². The molecule has 0 bridgehead atoms. The maximum Gasteiger partial charge on any atom is 0.337 e. The smallest absolute Gasteiger partial charge is 0.337 e. The molecule has 1 aromatic rings. The fourth-order valence-corrected chi connectivity index (χ4v) is 1.61. The molecule has 0 aromatic heterocycles. The molecule has 2 N–H and O–H groups in total. The summed E-state index contributed by atoms with van der Waals surface area (Å²) in [5.74, 6) is -1.01. The molecule has 0 saturated heterocycles. The molecule has 1 atom stereocenters. The molecule has 1 aromatic carbocycles. The SMILES string of the molecule is Cc1cc2c(c(C(=O)O)c1)NC(=O)C(C)O2. The maximum atomic E-state index is 11.4. The standard InChI is InChI=1S/C11H11NO4/c1-5-3-7(11(14)15)9-8(4-5)16-6(2)10(13)12-9/h3-4,6H,1-2H3,(H,12,13)(H,14,15). The third kappa shape index (κ3) is 1.60. The molecule has 0 fully saturated rings. The van der Waals surface area contributed by atoms with Crippen molar-refractivity contribution in [3.05, 3.63) is 23.3 Å². The van der Waals surface area contributed by atoms with Gasteiger partial charge in [0.05, 0.1) is 11.3 Å². The minimum absolute atomic E-state index is 0.0512. The summed E-state index contributed by atoms with van der Waals surface area (Å²) < 4.78 is 5.34. The van der Waals surface area contributed by atoms with Crippen molar-refractivity contribution in [2.24, 2.45) is 0 Å². The molecule has 1 amide bonds. The molecular weight excluding hydrogens is 210 g/mol. The average molecular weight is 221 g/mol. The summed E-state index contributed by atoms with van der Waals surface area (Å²) in [7, 11) is 0. The molecule has 1 unspecified atom stereocenters. The van der Waals surface area contributed by atoms with Gasteiger partial charge in [-0.1, -0.05) is 0 Å². The van der Waals surface area contributed by atoms with Crippen molar-refractivity contribution in [2.75, 3.05) is 5.32 Å². The third-order valence-corrected chi connectivity index (χ3v) is 2.40. The zero-order valence-corrected chi connectivity index (χ0v) is 8.90. The normalized spacial score (nSPS) is 18.4. The molecule has 1 heterocycles. The van der Waals surface area contributed by atoms with E-state index in [1.807, 2.05) is 0 Å². The number of anilines is 1. The molecular formula is C11H11NO4. The van der Waals surface area contributed by atoms with Gasteiger partial charge in [0.25, 0.3) is 5.91 Å². The van der Waals surface area contributed by atoms with Crippen LogP contribution in [0, 0.1) is 6.92 Å². The van der Waals surface area contributed by atoms with E-state index in [4.69, 9.17) is 9.84 Å². The maximum absolute atomic E-state index is 11.4. The highest BCUT2D eigenvalue weighted by molar-refractivity contribution is 6.05. The van der Waals surface area contributed by atoms with E-state index in [1.54, 1.807) is 19.9 Å². The number of fused-ring (bicyclic) bond motifs is 1. The Morgan fingerprint density at radius 1 is 1.50 bits per heavy atom. The van der Waals surface area contributed by atoms with Gasteiger partial charge in [0.2, 0.25) is 0 Å². The number of aryl methyl sites for hydroxylation is 1. The van der Waals surface area contributed by atoms with Crippen LogP contribution in [0.3, 0.4) is 0 Å². The average Bonchev–Trinajstić information content (AvgIpc) is 2.19. The monoisotopic (exact) mass is 221 g/mol. The summed E-state index contributed by atoms with van der Waals surface area (Å²) in [6.45, 7) is 3.39. The van der Waals surface area contributed by atoms with Gasteiger partial charge in [0.1, 0.15) is 5.75 Å². The summed E-state index contributed by atoms with van der Waals surface area (Å²) in [6, 6.07) is 3.21. The minimum atomic E-state index is -1.08. The molecule has 0 aliphatic carbocycles. The number of carbonyl (C=O) groups is 2. The molecule has 0 spiro atoms. The van der Waals surface area contributed by atoms with Crippen molar-refractivity contribution in [3.63, 3.8) is 0 Å². The Morgan fingerprint density at radius 3 is 2.81 bits per heavy atom. The van der Waals surface area contributed by atoms with Gasteiger partial charge in [-0.3, -0.25) is 4.79 Å². The van der Waals surface area contributed by atoms with E-state index in [0.717, 1.165) is 5.56 Å². The predicted octanol–water partition coefficient (Wildman–Crippen LogP) is 1.41. The van der Waals surface area contributed by atoms with Gasteiger partial charge in [0.15, 0.2) is 6.10 Å². The molecule has 84 valence electrons. The molecule has 2 rings (SSSR count). The number of hydrogen-bond donors (Lipinski definition) is 2. The lowest BCUT2D eigenvalue weighted by Gasteiger charge is -2.24. The third-order valence-electron chi connectivity index (χ3n) is 2.40. The van der Waals surface area contributed by atoms with Crippen molar-refractivity contribution in [2.45, 2.75) is 20.0 Å². The predicted molar refractivity (Wildman–Crippen MR) is 56.9 cm³/mol. The first-order valence-electron chi connectivity index (χ1n) is 4.84. The Kier molecular flexibility index (Phi) is 2.30. The van der Waals surface area contributed by atoms with Crippen molar-refractivity contribution in [3.8, 4) is 5.75 Å². The molecule has 5 heteroatoms. The Labute approximate surface area is 92.0 Å². The van der Waals surface area contributed by atoms with Crippen molar-refractivity contribution < 1.29 is 19.4 Å². The zero-order chi connectivity index (χ0) is 11.9. The Bertz CT molecular complexity index is 481. The first-order chi connectivity index (χ1) is 7.49. The second-order valence-corrected chi connectivity index (χ2v) is 3.74. The summed E-state index contributed by atoms with van der Waals surface area (Å²) in [5.41, 5.74) is 1.07. The molecule has 1 aliphatic heterocycles. The van der Waals surface area contributed by atoms with Crippen LogP contribution in [0.15, 0.2) is 12.1 Å². The van der Waals surface area contributed by atoms with Crippen molar-refractivity contribution >= 4 is 17.6 Å². The zero-order valence-electron chi connectivity index (χ0n) is 8.90. The second kappa shape index (κ2) is 3.52. The van der Waals surface area contributed by atoms with Crippen LogP contribution in [0.25, 0.3) is 0 Å². The number of benzene rings is 1. The number of hydrogen-bond acceptors (Lipinski definition) is 3. The van der Waals surface area contributed by atoms with Crippen LogP contribution in [0.5, 0.6) is 5.75 Å². The van der Waals surface area contributed by atoms with Crippen LogP contribution in [0.1, 0.15) is 22.8 Å². The largest absolute Gasteiger partial charge is 0.479 e. The Hall–Kier alpha value is -2.04. The summed E-state index contributed by atoms with van der Waals surface area (Å²) in [6.07, 6.45) is -0.601. The highest BCUT2D eigenvalue weighted by Crippen LogP contribution is 2.34. The first kappa shape index (κ1) is 10.5. The number of aromatic carboxylic acids is 1. The van der Waals surface area contributed by atoms with Gasteiger partial charge in [-0.15, -0.1) is 0 Å². The number of nitrogens with one attached hydrogen (secondary N) is 1. The molecule has 0 radical (unpaired) electrons. The summed E-state index contributed by atoms with van der Waals surface area (Å²) in [5, 5.41) is 11.6. The number of carbonyl (C=O) groups excluding carboxylic acids is 1. The Morgan fingerprint density at radius 2 is 2.19 bits per heavy atom. The fourth-order valence-electron chi connectivity index (χ4n) is 1.61. The number of rotatable bonds is 1. The van der Waals surface area contributed by atoms with Gasteiger partial charge in [-0.25, -0.2) is 4.79 Å². The molecule has 16 heavy (non-hydrogen) atoms. The van der Waals surface area contributed by atoms with Gasteiger partial charge in [-0.2, -0.15) is 0 Å². The highest BCUT2D eigenvalue weighted by Gasteiger charge is 2.27. The van der Waals surface area contributed by atoms with E-state index >= 15 is 0 Å². The molecule has 0 saturated carbocycles. The minimum Gasteiger partial charge on any atom is -0.479 e. The summed E-state index contributed by atoms with van der Waals surface area (Å²) in [4.78, 5) is 22.4. The Balaban J connectivity index is 2.59. The lowest BCUT2D eigenvalue weighted by atomic mass is 10.1. The van der Waals surface area contributed by atoms with E-state index in [-0.39, 0.29) is 17.2 Å². The van der Waals surface area contributed by atoms with E-state index in [0.29, 0.717) is 5.75 Å². The van der Waals surface area contributed by atoms with Crippen LogP contribution in [-0.2, 0) is 4.79 Å². The van der Waals surface area contributed by atoms with Crippen LogP contribution >= 0.6 is 0 Å². The topological polar surface area (TPSA) is 75.6 Å². The number of ether oxygens (including phenoxy) is 1. The second-order valence-electron chi connectivity index (χ2n) is 3.74. The van der Waals surface area contributed by atoms with E-state index in [1.165, 1.54) is 6.07 Å². The van der Waals surface area contributed by atoms with E-state index in [9.17, 15) is 9.59 Å². The van der Waals surface area contributed by atoms with Gasteiger partial charge in [-0.05, 0) is 31.5 Å². The molecule has 5 nitrogen and oxygen atoms in total. The van der Waals surface area contributed by atoms with Crippen molar-refractivity contribution in [1.29, 1.82) is 0 Å². The van der Waals surface area contributed by atoms with Gasteiger partial charge < -0.3 is 15.2 Å². The summed E-state index contributed by atoms with van der Waals surface area (Å²) >= 11 is 0. The number of amides is 1. The first-order valence-corrected chi connectivity index (χ1v) is 4.84.